The Morgan fingerprint density at radius 1 is 1.23 bits per heavy atom. The van der Waals surface area contributed by atoms with E-state index >= 15 is 0 Å². The molecule has 0 bridgehead atoms. The molecule has 1 aliphatic rings. The number of nitrogens with zero attached hydrogens (tertiary/aromatic N) is 1. The predicted octanol–water partition coefficient (Wildman–Crippen LogP) is 3.47. The average molecular weight is 319 g/mol. The third-order valence-electron chi connectivity index (χ3n) is 2.76. The molecule has 1 unspecified atom stereocenters. The van der Waals surface area contributed by atoms with Crippen LogP contribution in [0.15, 0.2) is 0 Å². The van der Waals surface area contributed by atoms with Crippen molar-refractivity contribution in [3.63, 3.8) is 0 Å². The Bertz CT molecular complexity index is 267. The minimum atomic E-state index is -0.500. The van der Waals surface area contributed by atoms with Crippen molar-refractivity contribution in [1.29, 1.82) is 0 Å². The van der Waals surface area contributed by atoms with Gasteiger partial charge >= 0.3 is 5.97 Å². The molecular formula is C17H37NO4. The second kappa shape index (κ2) is 14.0. The van der Waals surface area contributed by atoms with Crippen molar-refractivity contribution < 1.29 is 19.0 Å². The molecule has 22 heavy (non-hydrogen) atoms. The van der Waals surface area contributed by atoms with Gasteiger partial charge in [-0.15, -0.1) is 0 Å². The Labute approximate surface area is 137 Å². The van der Waals surface area contributed by atoms with Gasteiger partial charge in [-0.05, 0) is 40.9 Å². The molecule has 1 saturated heterocycles. The van der Waals surface area contributed by atoms with Crippen LogP contribution >= 0.6 is 0 Å². The molecule has 5 nitrogen and oxygen atoms in total. The monoisotopic (exact) mass is 319 g/mol. The highest BCUT2D eigenvalue weighted by atomic mass is 16.7. The van der Waals surface area contributed by atoms with Gasteiger partial charge in [0.1, 0.15) is 0 Å². The Kier molecular flexibility index (Phi) is 15.0. The number of carbonyl (C=O) groups is 1. The lowest BCUT2D eigenvalue weighted by Crippen LogP contribution is -2.22. The highest BCUT2D eigenvalue weighted by molar-refractivity contribution is 5.69. The average Bonchev–Trinajstić information content (AvgIpc) is 2.82. The molecule has 0 aromatic heterocycles. The van der Waals surface area contributed by atoms with Gasteiger partial charge in [-0.3, -0.25) is 4.79 Å². The standard InChI is InChI=1S/C13H25NO4.2C2H6/c1-13(2)17-10-11(18-13)7-9-16-12(15)6-5-8-14(3)4;2*1-2/h11H,5-10H2,1-4H3;2*1-2H3. The van der Waals surface area contributed by atoms with Crippen molar-refractivity contribution in [3.8, 4) is 0 Å². The molecule has 0 amide bonds. The zero-order chi connectivity index (χ0) is 17.6. The van der Waals surface area contributed by atoms with Gasteiger partial charge in [0.25, 0.3) is 0 Å². The lowest BCUT2D eigenvalue weighted by atomic mass is 10.3. The van der Waals surface area contributed by atoms with Crippen molar-refractivity contribution >= 4 is 5.97 Å². The number of esters is 1. The van der Waals surface area contributed by atoms with Crippen LogP contribution in [0.3, 0.4) is 0 Å². The summed E-state index contributed by atoms with van der Waals surface area (Å²) in [5, 5.41) is 0. The van der Waals surface area contributed by atoms with Crippen molar-refractivity contribution in [3.05, 3.63) is 0 Å². The van der Waals surface area contributed by atoms with Crippen LogP contribution in [-0.4, -0.2) is 56.6 Å². The highest BCUT2D eigenvalue weighted by Gasteiger charge is 2.32. The first-order chi connectivity index (χ1) is 10.4. The van der Waals surface area contributed by atoms with E-state index in [4.69, 9.17) is 14.2 Å². The van der Waals surface area contributed by atoms with E-state index in [1.54, 1.807) is 0 Å². The maximum atomic E-state index is 11.4. The molecule has 0 spiro atoms. The van der Waals surface area contributed by atoms with Crippen LogP contribution in [0.1, 0.15) is 60.8 Å². The van der Waals surface area contributed by atoms with Gasteiger partial charge in [0.2, 0.25) is 0 Å². The SMILES string of the molecule is CC.CC.CN(C)CCCC(=O)OCCC1COC(C)(C)O1. The molecule has 0 radical (unpaired) electrons. The normalized spacial score (nSPS) is 18.9. The van der Waals surface area contributed by atoms with Crippen molar-refractivity contribution in [1.82, 2.24) is 4.90 Å². The zero-order valence-electron chi connectivity index (χ0n) is 15.9. The fourth-order valence-corrected chi connectivity index (χ4v) is 1.82. The van der Waals surface area contributed by atoms with Crippen molar-refractivity contribution in [2.75, 3.05) is 33.9 Å². The smallest absolute Gasteiger partial charge is 0.305 e. The summed E-state index contributed by atoms with van der Waals surface area (Å²) in [5.74, 6) is -0.629. The van der Waals surface area contributed by atoms with Crippen LogP contribution in [0.2, 0.25) is 0 Å². The Morgan fingerprint density at radius 3 is 2.27 bits per heavy atom. The predicted molar refractivity (Wildman–Crippen MR) is 91.0 cm³/mol. The Morgan fingerprint density at radius 2 is 1.82 bits per heavy atom. The first-order valence-corrected chi connectivity index (χ1v) is 8.51. The van der Waals surface area contributed by atoms with E-state index in [-0.39, 0.29) is 12.1 Å². The van der Waals surface area contributed by atoms with Crippen LogP contribution < -0.4 is 0 Å². The largest absolute Gasteiger partial charge is 0.466 e. The van der Waals surface area contributed by atoms with Crippen LogP contribution in [0.5, 0.6) is 0 Å². The summed E-state index contributed by atoms with van der Waals surface area (Å²) in [6.45, 7) is 13.7. The molecule has 1 atom stereocenters. The molecule has 1 fully saturated rings. The number of hydrogen-bond donors (Lipinski definition) is 0. The fourth-order valence-electron chi connectivity index (χ4n) is 1.82. The maximum Gasteiger partial charge on any atom is 0.305 e. The molecule has 0 aromatic carbocycles. The van der Waals surface area contributed by atoms with Gasteiger partial charge in [-0.1, -0.05) is 27.7 Å². The maximum absolute atomic E-state index is 11.4. The third-order valence-corrected chi connectivity index (χ3v) is 2.76. The van der Waals surface area contributed by atoms with Gasteiger partial charge in [-0.2, -0.15) is 0 Å². The summed E-state index contributed by atoms with van der Waals surface area (Å²) in [6, 6.07) is 0. The molecule has 0 saturated carbocycles. The number of carbonyl (C=O) groups excluding carboxylic acids is 1. The molecule has 1 rings (SSSR count). The first-order valence-electron chi connectivity index (χ1n) is 8.51. The van der Waals surface area contributed by atoms with Crippen LogP contribution in [0.4, 0.5) is 0 Å². The second-order valence-corrected chi connectivity index (χ2v) is 5.37. The van der Waals surface area contributed by atoms with E-state index in [9.17, 15) is 4.79 Å². The lowest BCUT2D eigenvalue weighted by Gasteiger charge is -2.17. The Hall–Kier alpha value is -0.650. The third kappa shape index (κ3) is 13.0. The quantitative estimate of drug-likeness (QED) is 0.673. The summed E-state index contributed by atoms with van der Waals surface area (Å²) >= 11 is 0. The van der Waals surface area contributed by atoms with Gasteiger partial charge in [0.05, 0.1) is 19.3 Å². The summed E-state index contributed by atoms with van der Waals surface area (Å²) in [4.78, 5) is 13.5. The van der Waals surface area contributed by atoms with Gasteiger partial charge in [0, 0.05) is 12.8 Å². The summed E-state index contributed by atoms with van der Waals surface area (Å²) in [7, 11) is 3.98. The van der Waals surface area contributed by atoms with Crippen LogP contribution in [-0.2, 0) is 19.0 Å². The Balaban J connectivity index is 0. The minimum absolute atomic E-state index is 0.0366. The van der Waals surface area contributed by atoms with E-state index < -0.39 is 5.79 Å². The van der Waals surface area contributed by atoms with E-state index in [1.807, 2.05) is 55.6 Å². The van der Waals surface area contributed by atoms with Crippen molar-refractivity contribution in [2.24, 2.45) is 0 Å². The van der Waals surface area contributed by atoms with Crippen LogP contribution in [0, 0.1) is 0 Å². The fraction of sp³-hybridized carbons (Fsp3) is 0.941. The molecule has 1 heterocycles. The van der Waals surface area contributed by atoms with Crippen LogP contribution in [0.25, 0.3) is 0 Å². The number of rotatable bonds is 7. The van der Waals surface area contributed by atoms with Crippen molar-refractivity contribution in [2.45, 2.75) is 72.7 Å². The van der Waals surface area contributed by atoms with E-state index in [0.29, 0.717) is 26.1 Å². The molecule has 134 valence electrons. The summed E-state index contributed by atoms with van der Waals surface area (Å²) < 4.78 is 16.2. The first kappa shape index (κ1) is 23.6. The van der Waals surface area contributed by atoms with Gasteiger partial charge in [-0.25, -0.2) is 0 Å². The highest BCUT2D eigenvalue weighted by Crippen LogP contribution is 2.23. The molecule has 1 aliphatic heterocycles. The molecule has 5 heteroatoms. The minimum Gasteiger partial charge on any atom is -0.466 e. The molecule has 0 aliphatic carbocycles. The summed E-state index contributed by atoms with van der Waals surface area (Å²) in [5.41, 5.74) is 0. The number of hydrogen-bond acceptors (Lipinski definition) is 5. The topological polar surface area (TPSA) is 48.0 Å². The second-order valence-electron chi connectivity index (χ2n) is 5.37. The molecular weight excluding hydrogens is 282 g/mol. The van der Waals surface area contributed by atoms with E-state index in [2.05, 4.69) is 4.90 Å². The molecule has 0 aromatic rings. The zero-order valence-corrected chi connectivity index (χ0v) is 15.9. The van der Waals surface area contributed by atoms with Gasteiger partial charge < -0.3 is 19.1 Å². The summed E-state index contributed by atoms with van der Waals surface area (Å²) in [6.07, 6.45) is 2.05. The van der Waals surface area contributed by atoms with E-state index in [1.165, 1.54) is 0 Å². The van der Waals surface area contributed by atoms with Gasteiger partial charge in [0.15, 0.2) is 5.79 Å². The lowest BCUT2D eigenvalue weighted by molar-refractivity contribution is -0.148. The number of ether oxygens (including phenoxy) is 3. The van der Waals surface area contributed by atoms with E-state index in [0.717, 1.165) is 13.0 Å². The molecule has 0 N–H and O–H groups in total.